The van der Waals surface area contributed by atoms with Crippen LogP contribution in [0, 0.1) is 5.92 Å². The molecule has 3 aromatic rings. The molecule has 1 aliphatic rings. The number of rotatable bonds is 2. The highest BCUT2D eigenvalue weighted by atomic mass is 16.5. The van der Waals surface area contributed by atoms with Crippen molar-refractivity contribution in [3.8, 4) is 11.4 Å². The lowest BCUT2D eigenvalue weighted by molar-refractivity contribution is 0.0243. The highest BCUT2D eigenvalue weighted by molar-refractivity contribution is 5.92. The Bertz CT molecular complexity index is 809. The van der Waals surface area contributed by atoms with Crippen LogP contribution in [0.2, 0.25) is 0 Å². The van der Waals surface area contributed by atoms with Gasteiger partial charge in [-0.2, -0.15) is 4.98 Å². The van der Waals surface area contributed by atoms with E-state index in [2.05, 4.69) is 29.0 Å². The molecule has 0 radical (unpaired) electrons. The van der Waals surface area contributed by atoms with Crippen molar-refractivity contribution >= 4 is 10.9 Å². The molecule has 0 aliphatic carbocycles. The van der Waals surface area contributed by atoms with Gasteiger partial charge in [-0.05, 0) is 31.4 Å². The number of ether oxygens (including phenoxy) is 1. The summed E-state index contributed by atoms with van der Waals surface area (Å²) in [7, 11) is 0. The Morgan fingerprint density at radius 2 is 2.05 bits per heavy atom. The third-order valence-corrected chi connectivity index (χ3v) is 4.17. The molecule has 0 N–H and O–H groups in total. The zero-order valence-corrected chi connectivity index (χ0v) is 12.6. The maximum Gasteiger partial charge on any atom is 0.256 e. The average molecular weight is 295 g/mol. The highest BCUT2D eigenvalue weighted by Gasteiger charge is 2.35. The summed E-state index contributed by atoms with van der Waals surface area (Å²) in [4.78, 5) is 8.93. The second kappa shape index (κ2) is 5.18. The Hall–Kier alpha value is -2.27. The maximum atomic E-state index is 5.89. The van der Waals surface area contributed by atoms with Crippen LogP contribution in [0.5, 0.6) is 0 Å². The number of hydrogen-bond acceptors (Lipinski definition) is 5. The van der Waals surface area contributed by atoms with Gasteiger partial charge in [0.2, 0.25) is 5.82 Å². The zero-order valence-electron chi connectivity index (χ0n) is 12.6. The second-order valence-electron chi connectivity index (χ2n) is 5.91. The lowest BCUT2D eigenvalue weighted by atomic mass is 10.0. The lowest BCUT2D eigenvalue weighted by Gasteiger charge is -2.08. The summed E-state index contributed by atoms with van der Waals surface area (Å²) in [6.07, 6.45) is 2.92. The van der Waals surface area contributed by atoms with Gasteiger partial charge in [0.1, 0.15) is 6.10 Å². The molecule has 3 atom stereocenters. The van der Waals surface area contributed by atoms with Crippen molar-refractivity contribution in [3.63, 3.8) is 0 Å². The summed E-state index contributed by atoms with van der Waals surface area (Å²) < 4.78 is 11.4. The van der Waals surface area contributed by atoms with E-state index in [0.29, 0.717) is 17.6 Å². The van der Waals surface area contributed by atoms with Crippen LogP contribution in [0.3, 0.4) is 0 Å². The molecule has 22 heavy (non-hydrogen) atoms. The molecule has 1 aromatic carbocycles. The Balaban J connectivity index is 1.75. The molecule has 1 fully saturated rings. The molecular formula is C17H17N3O2. The summed E-state index contributed by atoms with van der Waals surface area (Å²) >= 11 is 0. The van der Waals surface area contributed by atoms with E-state index >= 15 is 0 Å². The van der Waals surface area contributed by atoms with Gasteiger partial charge >= 0.3 is 0 Å². The topological polar surface area (TPSA) is 61.0 Å². The van der Waals surface area contributed by atoms with Gasteiger partial charge in [0.25, 0.3) is 5.89 Å². The van der Waals surface area contributed by atoms with Crippen LogP contribution in [0.15, 0.2) is 41.1 Å². The van der Waals surface area contributed by atoms with E-state index in [4.69, 9.17) is 9.26 Å². The molecule has 3 heterocycles. The fourth-order valence-electron chi connectivity index (χ4n) is 3.15. The second-order valence-corrected chi connectivity index (χ2v) is 5.91. The van der Waals surface area contributed by atoms with Gasteiger partial charge in [-0.25, -0.2) is 0 Å². The lowest BCUT2D eigenvalue weighted by Crippen LogP contribution is -2.04. The van der Waals surface area contributed by atoms with Crippen molar-refractivity contribution in [2.24, 2.45) is 5.92 Å². The van der Waals surface area contributed by atoms with Crippen molar-refractivity contribution in [2.45, 2.75) is 32.5 Å². The van der Waals surface area contributed by atoms with Gasteiger partial charge in [0.05, 0.1) is 11.6 Å². The Labute approximate surface area is 128 Å². The van der Waals surface area contributed by atoms with E-state index in [1.165, 1.54) is 0 Å². The Kier molecular flexibility index (Phi) is 3.15. The van der Waals surface area contributed by atoms with E-state index in [9.17, 15) is 0 Å². The van der Waals surface area contributed by atoms with Gasteiger partial charge in [0, 0.05) is 17.1 Å². The van der Waals surface area contributed by atoms with E-state index in [0.717, 1.165) is 22.9 Å². The Morgan fingerprint density at radius 3 is 2.86 bits per heavy atom. The van der Waals surface area contributed by atoms with E-state index in [-0.39, 0.29) is 12.2 Å². The van der Waals surface area contributed by atoms with Gasteiger partial charge in [0.15, 0.2) is 0 Å². The number of hydrogen-bond donors (Lipinski definition) is 0. The number of pyridine rings is 1. The molecule has 1 aliphatic heterocycles. The van der Waals surface area contributed by atoms with Gasteiger partial charge in [-0.3, -0.25) is 4.98 Å². The minimum atomic E-state index is -0.107. The van der Waals surface area contributed by atoms with Gasteiger partial charge < -0.3 is 9.26 Å². The first kappa shape index (κ1) is 13.4. The molecule has 112 valence electrons. The van der Waals surface area contributed by atoms with Gasteiger partial charge in [-0.1, -0.05) is 30.3 Å². The van der Waals surface area contributed by atoms with Crippen molar-refractivity contribution in [2.75, 3.05) is 0 Å². The van der Waals surface area contributed by atoms with Crippen LogP contribution in [0.1, 0.15) is 32.3 Å². The molecule has 0 spiro atoms. The molecule has 1 saturated heterocycles. The highest BCUT2D eigenvalue weighted by Crippen LogP contribution is 2.37. The van der Waals surface area contributed by atoms with Crippen LogP contribution in [-0.4, -0.2) is 21.2 Å². The minimum absolute atomic E-state index is 0.107. The van der Waals surface area contributed by atoms with Crippen molar-refractivity contribution < 1.29 is 9.26 Å². The first-order valence-electron chi connectivity index (χ1n) is 7.55. The normalized spacial score (nSPS) is 24.9. The number of benzene rings is 1. The smallest absolute Gasteiger partial charge is 0.256 e. The van der Waals surface area contributed by atoms with E-state index < -0.39 is 0 Å². The zero-order chi connectivity index (χ0) is 15.1. The number of aromatic nitrogens is 3. The van der Waals surface area contributed by atoms with E-state index in [1.807, 2.05) is 30.3 Å². The average Bonchev–Trinajstić information content (AvgIpc) is 3.13. The molecule has 4 rings (SSSR count). The molecule has 5 nitrogen and oxygen atoms in total. The quantitative estimate of drug-likeness (QED) is 0.720. The third kappa shape index (κ3) is 2.18. The van der Waals surface area contributed by atoms with E-state index in [1.54, 1.807) is 6.20 Å². The first-order valence-corrected chi connectivity index (χ1v) is 7.55. The number of nitrogens with zero attached hydrogens (tertiary/aromatic N) is 3. The standard InChI is InChI=1S/C17H17N3O2/c1-10-9-11(2)21-15(10)17-19-16(20-22-17)13-5-3-7-14-12(13)6-4-8-18-14/h3-8,10-11,15H,9H2,1-2H3. The molecule has 2 aromatic heterocycles. The molecule has 0 bridgehead atoms. The minimum Gasteiger partial charge on any atom is -0.365 e. The SMILES string of the molecule is CC1CC(C)C(c2nc(-c3cccc4ncccc34)no2)O1. The monoisotopic (exact) mass is 295 g/mol. The summed E-state index contributed by atoms with van der Waals surface area (Å²) in [5, 5.41) is 5.17. The predicted octanol–water partition coefficient (Wildman–Crippen LogP) is 3.77. The molecule has 0 saturated carbocycles. The molecule has 3 unspecified atom stereocenters. The molecular weight excluding hydrogens is 278 g/mol. The van der Waals surface area contributed by atoms with Crippen LogP contribution in [0.25, 0.3) is 22.3 Å². The van der Waals surface area contributed by atoms with Crippen LogP contribution < -0.4 is 0 Å². The summed E-state index contributed by atoms with van der Waals surface area (Å²) in [5.41, 5.74) is 1.85. The van der Waals surface area contributed by atoms with Crippen molar-refractivity contribution in [1.29, 1.82) is 0 Å². The predicted molar refractivity (Wildman–Crippen MR) is 82.1 cm³/mol. The Morgan fingerprint density at radius 1 is 1.14 bits per heavy atom. The van der Waals surface area contributed by atoms with Gasteiger partial charge in [-0.15, -0.1) is 0 Å². The molecule has 0 amide bonds. The van der Waals surface area contributed by atoms with Crippen LogP contribution >= 0.6 is 0 Å². The molecule has 5 heteroatoms. The fourth-order valence-corrected chi connectivity index (χ4v) is 3.15. The number of fused-ring (bicyclic) bond motifs is 1. The summed E-state index contributed by atoms with van der Waals surface area (Å²) in [6.45, 7) is 4.23. The van der Waals surface area contributed by atoms with Crippen LogP contribution in [0.4, 0.5) is 0 Å². The first-order chi connectivity index (χ1) is 10.7. The third-order valence-electron chi connectivity index (χ3n) is 4.17. The maximum absolute atomic E-state index is 5.89. The van der Waals surface area contributed by atoms with Crippen molar-refractivity contribution in [1.82, 2.24) is 15.1 Å². The summed E-state index contributed by atoms with van der Waals surface area (Å²) in [5.74, 6) is 1.54. The fraction of sp³-hybridized carbons (Fsp3) is 0.353. The van der Waals surface area contributed by atoms with Crippen LogP contribution in [-0.2, 0) is 4.74 Å². The van der Waals surface area contributed by atoms with Crippen molar-refractivity contribution in [3.05, 3.63) is 42.4 Å². The summed E-state index contributed by atoms with van der Waals surface area (Å²) in [6, 6.07) is 9.85. The largest absolute Gasteiger partial charge is 0.365 e.